The molecule has 0 unspecified atom stereocenters. The molecule has 0 aromatic rings. The summed E-state index contributed by atoms with van der Waals surface area (Å²) >= 11 is 0. The van der Waals surface area contributed by atoms with E-state index in [1.165, 1.54) is 0 Å². The molecule has 0 saturated carbocycles. The van der Waals surface area contributed by atoms with E-state index in [0.29, 0.717) is 19.6 Å². The summed E-state index contributed by atoms with van der Waals surface area (Å²) < 4.78 is 22.1. The van der Waals surface area contributed by atoms with E-state index in [-0.39, 0.29) is 0 Å². The zero-order chi connectivity index (χ0) is 7.82. The van der Waals surface area contributed by atoms with Crippen molar-refractivity contribution in [2.75, 3.05) is 26.2 Å². The van der Waals surface area contributed by atoms with Crippen LogP contribution in [0.3, 0.4) is 0 Å². The van der Waals surface area contributed by atoms with Gasteiger partial charge in [-0.25, -0.2) is 13.1 Å². The van der Waals surface area contributed by atoms with Crippen LogP contribution in [0.25, 0.3) is 0 Å². The minimum absolute atomic E-state index is 0.429. The molecule has 0 bridgehead atoms. The Morgan fingerprint density at radius 3 is 2.40 bits per heavy atom. The Morgan fingerprint density at radius 1 is 1.20 bits per heavy atom. The fourth-order valence-electron chi connectivity index (χ4n) is 0.463. The van der Waals surface area contributed by atoms with Crippen LogP contribution >= 0.6 is 0 Å². The van der Waals surface area contributed by atoms with Crippen molar-refractivity contribution in [2.45, 2.75) is 0 Å². The monoisotopic (exact) mass is 167 g/mol. The Kier molecular flexibility index (Phi) is 6.83. The van der Waals surface area contributed by atoms with Crippen molar-refractivity contribution in [3.63, 3.8) is 0 Å². The highest BCUT2D eigenvalue weighted by atomic mass is 32.2. The zero-order valence-electron chi connectivity index (χ0n) is 5.67. The van der Waals surface area contributed by atoms with Crippen molar-refractivity contribution in [3.05, 3.63) is 0 Å². The lowest BCUT2D eigenvalue weighted by Crippen LogP contribution is -2.30. The van der Waals surface area contributed by atoms with E-state index in [0.717, 1.165) is 6.54 Å². The van der Waals surface area contributed by atoms with Gasteiger partial charge in [0, 0.05) is 26.2 Å². The number of rotatable bonds is 6. The number of nitrogens with two attached hydrogens (primary N) is 1. The van der Waals surface area contributed by atoms with Crippen LogP contribution in [-0.2, 0) is 10.9 Å². The molecule has 0 aliphatic heterocycles. The summed E-state index contributed by atoms with van der Waals surface area (Å²) in [6, 6.07) is 0. The Hall–Kier alpha value is -0.170. The molecule has 0 aromatic heterocycles. The van der Waals surface area contributed by atoms with Gasteiger partial charge in [0.15, 0.2) is 0 Å². The maximum Gasteiger partial charge on any atom is 0.201 e. The van der Waals surface area contributed by atoms with E-state index in [1.807, 2.05) is 0 Å². The first-order chi connectivity index (χ1) is 4.77. The van der Waals surface area contributed by atoms with E-state index in [4.69, 9.17) is 5.73 Å². The topological polar surface area (TPSA) is 84.2 Å². The Morgan fingerprint density at radius 2 is 1.90 bits per heavy atom. The van der Waals surface area contributed by atoms with Crippen LogP contribution in [0.1, 0.15) is 0 Å². The molecule has 0 amide bonds. The number of nitrogens with one attached hydrogen (secondary N) is 2. The van der Waals surface area contributed by atoms with Gasteiger partial charge in [-0.3, -0.25) is 0 Å². The van der Waals surface area contributed by atoms with Gasteiger partial charge in [-0.05, 0) is 0 Å². The summed E-state index contributed by atoms with van der Waals surface area (Å²) in [4.78, 5) is 0. The van der Waals surface area contributed by atoms with Crippen molar-refractivity contribution in [1.29, 1.82) is 0 Å². The van der Waals surface area contributed by atoms with Crippen molar-refractivity contribution in [2.24, 2.45) is 5.73 Å². The van der Waals surface area contributed by atoms with Gasteiger partial charge in [0.25, 0.3) is 0 Å². The molecule has 0 atom stereocenters. The smallest absolute Gasteiger partial charge is 0.201 e. The molecule has 0 saturated heterocycles. The second kappa shape index (κ2) is 6.94. The number of hydrogen-bond acceptors (Lipinski definition) is 4. The first-order valence-electron chi connectivity index (χ1n) is 3.06. The fourth-order valence-corrected chi connectivity index (χ4v) is 0.757. The molecule has 4 N–H and O–H groups in total. The van der Waals surface area contributed by atoms with Crippen LogP contribution in [0.5, 0.6) is 0 Å². The minimum Gasteiger partial charge on any atom is -0.329 e. The maximum atomic E-state index is 9.91. The third-order valence-corrected chi connectivity index (χ3v) is 1.35. The highest BCUT2D eigenvalue weighted by Crippen LogP contribution is 1.57. The largest absolute Gasteiger partial charge is 0.329 e. The molecule has 10 heavy (non-hydrogen) atoms. The first kappa shape index (κ1) is 9.83. The molecule has 0 aliphatic carbocycles. The lowest BCUT2D eigenvalue weighted by Gasteiger charge is -1.99. The molecule has 62 valence electrons. The fraction of sp³-hybridized carbons (Fsp3) is 1.00. The second-order valence-corrected chi connectivity index (χ2v) is 2.53. The number of thiol groups is 1. The molecule has 5 nitrogen and oxygen atoms in total. The quantitative estimate of drug-likeness (QED) is 0.264. The Balaban J connectivity index is 2.91. The predicted molar refractivity (Wildman–Crippen MR) is 40.2 cm³/mol. The molecule has 0 rings (SSSR count). The summed E-state index contributed by atoms with van der Waals surface area (Å²) in [5.41, 5.74) is 5.17. The Labute approximate surface area is 62.1 Å². The summed E-state index contributed by atoms with van der Waals surface area (Å²) in [6.45, 7) is 2.35. The first-order valence-corrected chi connectivity index (χ1v) is 4.24. The Bertz CT molecular complexity index is 128. The predicted octanol–water partition coefficient (Wildman–Crippen LogP) is -2.35. The molecule has 0 radical (unpaired) electrons. The zero-order valence-corrected chi connectivity index (χ0v) is 6.56. The summed E-state index contributed by atoms with van der Waals surface area (Å²) in [7, 11) is -2.44. The van der Waals surface area contributed by atoms with Crippen molar-refractivity contribution >= 4 is 10.9 Å². The SMILES string of the molecule is NCCNCCN[SH](=O)=O. The van der Waals surface area contributed by atoms with E-state index in [1.54, 1.807) is 0 Å². The molecule has 6 heteroatoms. The van der Waals surface area contributed by atoms with Gasteiger partial charge >= 0.3 is 0 Å². The van der Waals surface area contributed by atoms with Gasteiger partial charge in [0.2, 0.25) is 10.9 Å². The van der Waals surface area contributed by atoms with Gasteiger partial charge < -0.3 is 11.1 Å². The third-order valence-electron chi connectivity index (χ3n) is 0.864. The van der Waals surface area contributed by atoms with Crippen LogP contribution in [0.4, 0.5) is 0 Å². The summed E-state index contributed by atoms with van der Waals surface area (Å²) in [5, 5.41) is 2.94. The highest BCUT2D eigenvalue weighted by Gasteiger charge is 1.84. The van der Waals surface area contributed by atoms with E-state index >= 15 is 0 Å². The van der Waals surface area contributed by atoms with Crippen LogP contribution in [0, 0.1) is 0 Å². The third kappa shape index (κ3) is 7.83. The summed E-state index contributed by atoms with van der Waals surface area (Å²) in [6.07, 6.45) is 0. The number of hydrogen-bond donors (Lipinski definition) is 4. The molecule has 0 spiro atoms. The van der Waals surface area contributed by atoms with Gasteiger partial charge in [-0.15, -0.1) is 0 Å². The summed E-state index contributed by atoms with van der Waals surface area (Å²) in [5.74, 6) is 0. The van der Waals surface area contributed by atoms with Crippen molar-refractivity contribution in [1.82, 2.24) is 10.0 Å². The van der Waals surface area contributed by atoms with E-state index < -0.39 is 10.9 Å². The van der Waals surface area contributed by atoms with Gasteiger partial charge in [0.05, 0.1) is 0 Å². The minimum atomic E-state index is -2.44. The standard InChI is InChI=1S/C4H13N3O2S/c5-1-2-6-3-4-7-10(8)9/h6,10H,1-5H2,(H,7,8,9). The van der Waals surface area contributed by atoms with Crippen LogP contribution in [0.15, 0.2) is 0 Å². The lowest BCUT2D eigenvalue weighted by molar-refractivity contribution is 0.595. The average Bonchev–Trinajstić information content (AvgIpc) is 1.87. The average molecular weight is 167 g/mol. The van der Waals surface area contributed by atoms with E-state index in [2.05, 4.69) is 10.0 Å². The van der Waals surface area contributed by atoms with Gasteiger partial charge in [-0.1, -0.05) is 0 Å². The van der Waals surface area contributed by atoms with Gasteiger partial charge in [-0.2, -0.15) is 0 Å². The van der Waals surface area contributed by atoms with Crippen LogP contribution in [-0.4, -0.2) is 34.6 Å². The normalized spacial score (nSPS) is 10.6. The highest BCUT2D eigenvalue weighted by molar-refractivity contribution is 7.70. The van der Waals surface area contributed by atoms with Crippen LogP contribution in [0.2, 0.25) is 0 Å². The lowest BCUT2D eigenvalue weighted by atomic mass is 10.6. The molecule has 0 fully saturated rings. The maximum absolute atomic E-state index is 9.91. The van der Waals surface area contributed by atoms with E-state index in [9.17, 15) is 8.42 Å². The molecular weight excluding hydrogens is 154 g/mol. The van der Waals surface area contributed by atoms with Crippen LogP contribution < -0.4 is 15.8 Å². The molecule has 0 aromatic carbocycles. The van der Waals surface area contributed by atoms with Crippen molar-refractivity contribution < 1.29 is 8.42 Å². The molecule has 0 heterocycles. The molecular formula is C4H13N3O2S. The molecule has 0 aliphatic rings. The van der Waals surface area contributed by atoms with Crippen molar-refractivity contribution in [3.8, 4) is 0 Å². The second-order valence-electron chi connectivity index (χ2n) is 1.70. The van der Waals surface area contributed by atoms with Gasteiger partial charge in [0.1, 0.15) is 0 Å².